The zero-order valence-electron chi connectivity index (χ0n) is 18.2. The Labute approximate surface area is 188 Å². The molecule has 0 amide bonds. The Morgan fingerprint density at radius 1 is 0.970 bits per heavy atom. The first kappa shape index (κ1) is 22.4. The highest BCUT2D eigenvalue weighted by Crippen LogP contribution is 2.34. The number of aromatic nitrogens is 1. The van der Waals surface area contributed by atoms with E-state index in [2.05, 4.69) is 5.16 Å². The Morgan fingerprint density at radius 2 is 1.58 bits per heavy atom. The van der Waals surface area contributed by atoms with E-state index in [9.17, 15) is 18.0 Å². The summed E-state index contributed by atoms with van der Waals surface area (Å²) >= 11 is 0. The van der Waals surface area contributed by atoms with E-state index in [-0.39, 0.29) is 11.1 Å². The maximum Gasteiger partial charge on any atom is 0.417 e. The Bertz CT molecular complexity index is 1390. The van der Waals surface area contributed by atoms with Crippen LogP contribution in [0.15, 0.2) is 65.8 Å². The molecule has 0 aliphatic heterocycles. The van der Waals surface area contributed by atoms with Crippen molar-refractivity contribution in [3.05, 3.63) is 82.9 Å². The lowest BCUT2D eigenvalue weighted by atomic mass is 9.96. The van der Waals surface area contributed by atoms with Crippen LogP contribution in [0.25, 0.3) is 21.8 Å². The highest BCUT2D eigenvalue weighted by molar-refractivity contribution is 6.16. The summed E-state index contributed by atoms with van der Waals surface area (Å²) in [4.78, 5) is 23.8. The quantitative estimate of drug-likeness (QED) is 0.208. The van der Waals surface area contributed by atoms with Gasteiger partial charge in [0.15, 0.2) is 5.78 Å². The van der Waals surface area contributed by atoms with E-state index in [1.54, 1.807) is 23.8 Å². The number of carbonyl (C=O) groups excluding carboxylic acids is 1. The van der Waals surface area contributed by atoms with Gasteiger partial charge in [-0.25, -0.2) is 0 Å². The topological polar surface area (TPSA) is 52.8 Å². The minimum atomic E-state index is -4.63. The van der Waals surface area contributed by atoms with Gasteiger partial charge in [0.25, 0.3) is 0 Å². The zero-order chi connectivity index (χ0) is 23.8. The molecule has 0 fully saturated rings. The summed E-state index contributed by atoms with van der Waals surface area (Å²) in [6.07, 6.45) is -4.63. The Balaban J connectivity index is 1.93. The average Bonchev–Trinajstić information content (AvgIpc) is 3.11. The summed E-state index contributed by atoms with van der Waals surface area (Å²) in [6.45, 7) is 4.06. The van der Waals surface area contributed by atoms with Crippen LogP contribution in [0.1, 0.15) is 40.9 Å². The third kappa shape index (κ3) is 4.04. The predicted molar refractivity (Wildman–Crippen MR) is 121 cm³/mol. The second-order valence-electron chi connectivity index (χ2n) is 7.41. The zero-order valence-corrected chi connectivity index (χ0v) is 18.2. The molecule has 0 saturated carbocycles. The van der Waals surface area contributed by atoms with Gasteiger partial charge in [0.05, 0.1) is 22.3 Å². The lowest BCUT2D eigenvalue weighted by Gasteiger charge is -2.12. The van der Waals surface area contributed by atoms with Crippen molar-refractivity contribution >= 4 is 33.3 Å². The number of alkyl halides is 3. The molecule has 0 aliphatic carbocycles. The van der Waals surface area contributed by atoms with E-state index in [0.29, 0.717) is 23.2 Å². The van der Waals surface area contributed by atoms with Crippen LogP contribution < -0.4 is 4.84 Å². The fourth-order valence-corrected chi connectivity index (χ4v) is 3.90. The fourth-order valence-electron chi connectivity index (χ4n) is 3.90. The largest absolute Gasteiger partial charge is 0.417 e. The van der Waals surface area contributed by atoms with Gasteiger partial charge in [-0.2, -0.15) is 17.9 Å². The van der Waals surface area contributed by atoms with Crippen LogP contribution in [-0.4, -0.2) is 29.9 Å². The molecule has 33 heavy (non-hydrogen) atoms. The van der Waals surface area contributed by atoms with Crippen LogP contribution in [0.4, 0.5) is 13.2 Å². The van der Waals surface area contributed by atoms with Crippen molar-refractivity contribution in [2.45, 2.75) is 20.0 Å². The van der Waals surface area contributed by atoms with Crippen molar-refractivity contribution in [3.63, 3.8) is 0 Å². The molecule has 8 heteroatoms. The highest BCUT2D eigenvalue weighted by Gasteiger charge is 2.35. The van der Waals surface area contributed by atoms with Crippen LogP contribution in [0.3, 0.4) is 0 Å². The second kappa shape index (κ2) is 8.61. The van der Waals surface area contributed by atoms with Gasteiger partial charge in [-0.1, -0.05) is 29.4 Å². The monoisotopic (exact) mass is 454 g/mol. The van der Waals surface area contributed by atoms with Crippen LogP contribution >= 0.6 is 0 Å². The summed E-state index contributed by atoms with van der Waals surface area (Å²) in [6, 6.07) is 15.2. The van der Waals surface area contributed by atoms with E-state index in [1.807, 2.05) is 25.1 Å². The smallest absolute Gasteiger partial charge is 0.414 e. The average molecular weight is 454 g/mol. The second-order valence-corrected chi connectivity index (χ2v) is 7.41. The summed E-state index contributed by atoms with van der Waals surface area (Å²) < 4.78 is 42.1. The molecule has 4 aromatic rings. The first-order valence-electron chi connectivity index (χ1n) is 10.3. The molecule has 0 atom stereocenters. The molecule has 4 rings (SSSR count). The minimum Gasteiger partial charge on any atom is -0.414 e. The molecule has 1 aromatic heterocycles. The molecule has 170 valence electrons. The number of nitrogens with zero attached hydrogens (tertiary/aromatic N) is 2. The summed E-state index contributed by atoms with van der Waals surface area (Å²) in [5.74, 6) is -0.699. The lowest BCUT2D eigenvalue weighted by molar-refractivity contribution is -0.137. The van der Waals surface area contributed by atoms with Crippen LogP contribution in [0.2, 0.25) is 0 Å². The van der Waals surface area contributed by atoms with Crippen LogP contribution in [-0.2, 0) is 11.0 Å². The van der Waals surface area contributed by atoms with Crippen molar-refractivity contribution in [2.24, 2.45) is 5.16 Å². The molecule has 0 radical (unpaired) electrons. The number of rotatable bonds is 6. The van der Waals surface area contributed by atoms with Gasteiger partial charge in [-0.15, -0.1) is 0 Å². The minimum absolute atomic E-state index is 0.155. The summed E-state index contributed by atoms with van der Waals surface area (Å²) in [5.41, 5.74) is 1.74. The number of carbonyl (C=O) groups is 1. The summed E-state index contributed by atoms with van der Waals surface area (Å²) in [5, 5.41) is 5.42. The van der Waals surface area contributed by atoms with Crippen LogP contribution in [0, 0.1) is 0 Å². The number of hydrogen-bond donors (Lipinski definition) is 0. The van der Waals surface area contributed by atoms with Crippen molar-refractivity contribution in [1.29, 1.82) is 0 Å². The number of benzene rings is 3. The molecule has 0 unspecified atom stereocenters. The molecular weight excluding hydrogens is 433 g/mol. The van der Waals surface area contributed by atoms with Crippen molar-refractivity contribution < 1.29 is 27.6 Å². The third-order valence-electron chi connectivity index (χ3n) is 5.36. The third-order valence-corrected chi connectivity index (χ3v) is 5.36. The van der Waals surface area contributed by atoms with E-state index in [0.717, 1.165) is 22.5 Å². The highest BCUT2D eigenvalue weighted by atomic mass is 19.4. The maximum atomic E-state index is 13.5. The molecule has 5 nitrogen and oxygen atoms in total. The van der Waals surface area contributed by atoms with Crippen molar-refractivity contribution in [1.82, 2.24) is 4.73 Å². The van der Waals surface area contributed by atoms with Crippen molar-refractivity contribution in [2.75, 3.05) is 13.7 Å². The van der Waals surface area contributed by atoms with Gasteiger partial charge in [-0.05, 0) is 55.8 Å². The molecule has 0 saturated heterocycles. The van der Waals surface area contributed by atoms with E-state index < -0.39 is 17.5 Å². The fraction of sp³-hybridized carbons (Fsp3) is 0.200. The number of fused-ring (bicyclic) bond motifs is 3. The molecule has 0 aliphatic rings. The Kier molecular flexibility index (Phi) is 5.84. The first-order chi connectivity index (χ1) is 15.8. The Hall–Kier alpha value is -3.81. The van der Waals surface area contributed by atoms with E-state index in [4.69, 9.17) is 9.68 Å². The summed E-state index contributed by atoms with van der Waals surface area (Å²) in [7, 11) is 1.46. The standard InChI is InChI=1S/C25H21F3N2O3/c1-4-33-30-22-11-9-16(15(2)29-32-3)13-19(22)20-14-17(10-12-23(20)30)24(31)18-7-5-6-8-21(18)25(26,27)28/h5-14H,4H2,1-3H3/b29-15+. The van der Waals surface area contributed by atoms with Gasteiger partial charge in [0, 0.05) is 21.9 Å². The van der Waals surface area contributed by atoms with Gasteiger partial charge >= 0.3 is 6.18 Å². The van der Waals surface area contributed by atoms with E-state index in [1.165, 1.54) is 31.4 Å². The molecule has 1 heterocycles. The lowest BCUT2D eigenvalue weighted by Crippen LogP contribution is -2.13. The first-order valence-corrected chi connectivity index (χ1v) is 10.3. The van der Waals surface area contributed by atoms with Gasteiger partial charge in [-0.3, -0.25) is 4.79 Å². The predicted octanol–water partition coefficient (Wildman–Crippen LogP) is 5.86. The number of halogens is 3. The normalized spacial score (nSPS) is 12.4. The number of oxime groups is 1. The van der Waals surface area contributed by atoms with Gasteiger partial charge in [0.2, 0.25) is 0 Å². The molecule has 0 N–H and O–H groups in total. The Morgan fingerprint density at radius 3 is 2.18 bits per heavy atom. The van der Waals surface area contributed by atoms with Crippen molar-refractivity contribution in [3.8, 4) is 0 Å². The van der Waals surface area contributed by atoms with Gasteiger partial charge in [0.1, 0.15) is 13.7 Å². The van der Waals surface area contributed by atoms with Gasteiger partial charge < -0.3 is 9.68 Å². The number of ketones is 1. The molecular formula is C25H21F3N2O3. The molecule has 0 bridgehead atoms. The molecule has 3 aromatic carbocycles. The molecule has 0 spiro atoms. The SMILES string of the molecule is CCOn1c2ccc(C(=O)c3ccccc3C(F)(F)F)cc2c2cc(/C(C)=N/OC)ccc21. The number of hydrogen-bond acceptors (Lipinski definition) is 4. The maximum absolute atomic E-state index is 13.5. The van der Waals surface area contributed by atoms with Crippen LogP contribution in [0.5, 0.6) is 0 Å². The van der Waals surface area contributed by atoms with E-state index >= 15 is 0 Å².